The third-order valence-electron chi connectivity index (χ3n) is 4.61. The smallest absolute Gasteiger partial charge is 0.323 e. The molecule has 0 radical (unpaired) electrons. The first-order chi connectivity index (χ1) is 15.2. The Morgan fingerprint density at radius 2 is 1.71 bits per heavy atom. The SMILES string of the molecule is CNc1cc(-c2[nH]c(SC)nc2-c2cccc(NC(=O)Nc3ccccc3)c2)ccn1. The first-order valence-electron chi connectivity index (χ1n) is 9.68. The lowest BCUT2D eigenvalue weighted by molar-refractivity contribution is 0.262. The predicted octanol–water partition coefficient (Wildman–Crippen LogP) is 5.55. The molecule has 4 rings (SSSR count). The van der Waals surface area contributed by atoms with E-state index in [1.165, 1.54) is 0 Å². The van der Waals surface area contributed by atoms with Crippen molar-refractivity contribution in [1.82, 2.24) is 15.0 Å². The second-order valence-corrected chi connectivity index (χ2v) is 7.47. The lowest BCUT2D eigenvalue weighted by Crippen LogP contribution is -2.19. The predicted molar refractivity (Wildman–Crippen MR) is 128 cm³/mol. The van der Waals surface area contributed by atoms with Gasteiger partial charge in [-0.05, 0) is 42.7 Å². The first-order valence-corrected chi connectivity index (χ1v) is 10.9. The Kier molecular flexibility index (Phi) is 6.18. The number of imidazole rings is 1. The van der Waals surface area contributed by atoms with Gasteiger partial charge in [-0.25, -0.2) is 14.8 Å². The fourth-order valence-corrected chi connectivity index (χ4v) is 3.53. The molecule has 0 aliphatic rings. The number of nitrogens with one attached hydrogen (secondary N) is 4. The van der Waals surface area contributed by atoms with E-state index >= 15 is 0 Å². The molecule has 0 fully saturated rings. The van der Waals surface area contributed by atoms with Gasteiger partial charge >= 0.3 is 6.03 Å². The van der Waals surface area contributed by atoms with Crippen LogP contribution in [0.4, 0.5) is 22.0 Å². The van der Waals surface area contributed by atoms with E-state index in [-0.39, 0.29) is 6.03 Å². The Bertz CT molecular complexity index is 1190. The Balaban J connectivity index is 1.63. The van der Waals surface area contributed by atoms with Crippen molar-refractivity contribution < 1.29 is 4.79 Å². The Morgan fingerprint density at radius 3 is 2.48 bits per heavy atom. The number of benzene rings is 2. The van der Waals surface area contributed by atoms with E-state index in [9.17, 15) is 4.79 Å². The number of para-hydroxylation sites is 1. The largest absolute Gasteiger partial charge is 0.373 e. The molecule has 0 bridgehead atoms. The van der Waals surface area contributed by atoms with Gasteiger partial charge in [0.25, 0.3) is 0 Å². The van der Waals surface area contributed by atoms with Crippen molar-refractivity contribution in [2.45, 2.75) is 5.16 Å². The Hall–Kier alpha value is -3.78. The molecule has 0 saturated heterocycles. The zero-order valence-electron chi connectivity index (χ0n) is 17.1. The van der Waals surface area contributed by atoms with Crippen molar-refractivity contribution in [3.8, 4) is 22.5 Å². The van der Waals surface area contributed by atoms with Crippen LogP contribution >= 0.6 is 11.8 Å². The van der Waals surface area contributed by atoms with Crippen LogP contribution in [0.5, 0.6) is 0 Å². The molecule has 156 valence electrons. The molecule has 4 aromatic rings. The number of rotatable bonds is 6. The maximum atomic E-state index is 12.4. The van der Waals surface area contributed by atoms with Gasteiger partial charge in [0, 0.05) is 35.7 Å². The second kappa shape index (κ2) is 9.36. The highest BCUT2D eigenvalue weighted by Crippen LogP contribution is 2.33. The highest BCUT2D eigenvalue weighted by Gasteiger charge is 2.15. The van der Waals surface area contributed by atoms with Gasteiger partial charge in [0.1, 0.15) is 5.82 Å². The number of H-pyrrole nitrogens is 1. The third kappa shape index (κ3) is 4.87. The van der Waals surface area contributed by atoms with E-state index in [1.807, 2.05) is 80.0 Å². The highest BCUT2D eigenvalue weighted by atomic mass is 32.2. The van der Waals surface area contributed by atoms with Gasteiger partial charge in [0.05, 0.1) is 11.4 Å². The average Bonchev–Trinajstić information content (AvgIpc) is 3.25. The van der Waals surface area contributed by atoms with Crippen LogP contribution in [-0.2, 0) is 0 Å². The van der Waals surface area contributed by atoms with Crippen molar-refractivity contribution in [3.05, 3.63) is 72.9 Å². The number of amides is 2. The minimum atomic E-state index is -0.303. The topological polar surface area (TPSA) is 94.7 Å². The molecule has 0 unspecified atom stereocenters. The van der Waals surface area contributed by atoms with Crippen LogP contribution in [0.25, 0.3) is 22.5 Å². The van der Waals surface area contributed by atoms with Crippen LogP contribution in [0.1, 0.15) is 0 Å². The molecule has 7 nitrogen and oxygen atoms in total. The van der Waals surface area contributed by atoms with E-state index in [1.54, 1.807) is 18.0 Å². The summed E-state index contributed by atoms with van der Waals surface area (Å²) in [6.07, 6.45) is 3.74. The molecule has 2 heterocycles. The number of nitrogens with zero attached hydrogens (tertiary/aromatic N) is 2. The number of thioether (sulfide) groups is 1. The summed E-state index contributed by atoms with van der Waals surface area (Å²) in [7, 11) is 1.84. The second-order valence-electron chi connectivity index (χ2n) is 6.68. The lowest BCUT2D eigenvalue weighted by Gasteiger charge is -2.09. The molecular weight excluding hydrogens is 408 g/mol. The third-order valence-corrected chi connectivity index (χ3v) is 5.19. The number of hydrogen-bond acceptors (Lipinski definition) is 5. The monoisotopic (exact) mass is 430 g/mol. The van der Waals surface area contributed by atoms with Gasteiger partial charge in [-0.2, -0.15) is 0 Å². The molecule has 4 N–H and O–H groups in total. The first kappa shape index (κ1) is 20.5. The average molecular weight is 431 g/mol. The van der Waals surface area contributed by atoms with Crippen LogP contribution in [0.2, 0.25) is 0 Å². The van der Waals surface area contributed by atoms with E-state index in [2.05, 4.69) is 25.9 Å². The molecule has 8 heteroatoms. The zero-order valence-corrected chi connectivity index (χ0v) is 18.0. The summed E-state index contributed by atoms with van der Waals surface area (Å²) < 4.78 is 0. The fourth-order valence-electron chi connectivity index (χ4n) is 3.15. The van der Waals surface area contributed by atoms with E-state index in [0.29, 0.717) is 5.69 Å². The Morgan fingerprint density at radius 1 is 0.935 bits per heavy atom. The van der Waals surface area contributed by atoms with Gasteiger partial charge in [-0.1, -0.05) is 42.1 Å². The molecule has 0 saturated carbocycles. The molecule has 2 aromatic heterocycles. The Labute approximate surface area is 184 Å². The van der Waals surface area contributed by atoms with Crippen LogP contribution in [0.15, 0.2) is 78.1 Å². The summed E-state index contributed by atoms with van der Waals surface area (Å²) in [4.78, 5) is 24.8. The number of urea groups is 1. The van der Waals surface area contributed by atoms with Crippen molar-refractivity contribution in [2.24, 2.45) is 0 Å². The lowest BCUT2D eigenvalue weighted by atomic mass is 10.1. The molecule has 2 aromatic carbocycles. The summed E-state index contributed by atoms with van der Waals surface area (Å²) in [5.74, 6) is 0.775. The van der Waals surface area contributed by atoms with Crippen LogP contribution in [0.3, 0.4) is 0 Å². The minimum Gasteiger partial charge on any atom is -0.373 e. The van der Waals surface area contributed by atoms with E-state index in [4.69, 9.17) is 4.98 Å². The number of aromatic nitrogens is 3. The van der Waals surface area contributed by atoms with Crippen molar-refractivity contribution in [3.63, 3.8) is 0 Å². The molecule has 31 heavy (non-hydrogen) atoms. The van der Waals surface area contributed by atoms with Gasteiger partial charge < -0.3 is 20.9 Å². The molecule has 2 amide bonds. The van der Waals surface area contributed by atoms with Gasteiger partial charge in [-0.3, -0.25) is 0 Å². The van der Waals surface area contributed by atoms with Gasteiger partial charge in [0.2, 0.25) is 0 Å². The summed E-state index contributed by atoms with van der Waals surface area (Å²) in [6.45, 7) is 0. The van der Waals surface area contributed by atoms with Crippen molar-refractivity contribution >= 4 is 35.0 Å². The van der Waals surface area contributed by atoms with E-state index in [0.717, 1.165) is 39.2 Å². The summed E-state index contributed by atoms with van der Waals surface area (Å²) >= 11 is 1.54. The van der Waals surface area contributed by atoms with Crippen LogP contribution in [-0.4, -0.2) is 34.3 Å². The normalized spacial score (nSPS) is 10.5. The summed E-state index contributed by atoms with van der Waals surface area (Å²) in [5.41, 5.74) is 4.98. The van der Waals surface area contributed by atoms with Gasteiger partial charge in [-0.15, -0.1) is 0 Å². The quantitative estimate of drug-likeness (QED) is 0.301. The summed E-state index contributed by atoms with van der Waals surface area (Å²) in [6, 6.07) is 20.6. The number of carbonyl (C=O) groups is 1. The maximum Gasteiger partial charge on any atom is 0.323 e. The number of anilines is 3. The molecule has 0 aliphatic carbocycles. The number of hydrogen-bond donors (Lipinski definition) is 4. The van der Waals surface area contributed by atoms with Crippen molar-refractivity contribution in [2.75, 3.05) is 29.3 Å². The highest BCUT2D eigenvalue weighted by molar-refractivity contribution is 7.98. The van der Waals surface area contributed by atoms with Crippen LogP contribution in [0, 0.1) is 0 Å². The molecule has 0 spiro atoms. The van der Waals surface area contributed by atoms with Crippen LogP contribution < -0.4 is 16.0 Å². The zero-order chi connectivity index (χ0) is 21.6. The molecule has 0 atom stereocenters. The standard InChI is InChI=1S/C23H22N6OS/c1-24-19-14-16(11-12-25-19)21-20(28-23(29-21)31-2)15-7-6-10-18(13-15)27-22(30)26-17-8-4-3-5-9-17/h3-14H,1-2H3,(H,24,25)(H,28,29)(H2,26,27,30). The van der Waals surface area contributed by atoms with Gasteiger partial charge in [0.15, 0.2) is 5.16 Å². The number of aromatic amines is 1. The molecular formula is C23H22N6OS. The maximum absolute atomic E-state index is 12.4. The molecule has 0 aliphatic heterocycles. The summed E-state index contributed by atoms with van der Waals surface area (Å²) in [5, 5.41) is 9.58. The fraction of sp³-hybridized carbons (Fsp3) is 0.0870. The minimum absolute atomic E-state index is 0.303. The number of carbonyl (C=O) groups excluding carboxylic acids is 1. The van der Waals surface area contributed by atoms with E-state index < -0.39 is 0 Å². The van der Waals surface area contributed by atoms with Crippen molar-refractivity contribution in [1.29, 1.82) is 0 Å². The number of pyridine rings is 1.